The molecule has 1 rings (SSSR count). The quantitative estimate of drug-likeness (QED) is 0.200. The molecule has 0 aromatic carbocycles. The summed E-state index contributed by atoms with van der Waals surface area (Å²) in [6, 6.07) is 0. The van der Waals surface area contributed by atoms with Gasteiger partial charge in [0.05, 0.1) is 0 Å². The molecule has 0 spiro atoms. The third kappa shape index (κ3) is 7.46. The lowest BCUT2D eigenvalue weighted by Crippen LogP contribution is -2.39. The van der Waals surface area contributed by atoms with E-state index in [1.165, 1.54) is 0 Å². The van der Waals surface area contributed by atoms with Crippen molar-refractivity contribution in [1.29, 1.82) is 0 Å². The number of aliphatic hydroxyl groups is 2. The number of carboxylic acid groups (broad SMARTS) is 2. The third-order valence-electron chi connectivity index (χ3n) is 3.64. The first kappa shape index (κ1) is 25.2. The van der Waals surface area contributed by atoms with Gasteiger partial charge in [0.15, 0.2) is 12.2 Å². The van der Waals surface area contributed by atoms with Crippen LogP contribution in [0.4, 0.5) is 17.8 Å². The number of hydrazine groups is 1. The molecule has 13 nitrogen and oxygen atoms in total. The largest absolute Gasteiger partial charge is 0.479 e. The van der Waals surface area contributed by atoms with Crippen molar-refractivity contribution in [3.05, 3.63) is 0 Å². The molecule has 0 fully saturated rings. The van der Waals surface area contributed by atoms with Crippen molar-refractivity contribution < 1.29 is 30.0 Å². The normalized spacial score (nSPS) is 12.2. The minimum Gasteiger partial charge on any atom is -0.479 e. The summed E-state index contributed by atoms with van der Waals surface area (Å²) in [5.41, 5.74) is 2.50. The Balaban J connectivity index is 0.000000621. The molecule has 0 aliphatic rings. The first-order chi connectivity index (χ1) is 13.2. The molecule has 1 heterocycles. The van der Waals surface area contributed by atoms with Gasteiger partial charge < -0.3 is 30.2 Å². The van der Waals surface area contributed by atoms with Crippen molar-refractivity contribution >= 4 is 29.8 Å². The summed E-state index contributed by atoms with van der Waals surface area (Å²) in [4.78, 5) is 36.7. The monoisotopic (exact) mass is 403 g/mol. The van der Waals surface area contributed by atoms with Crippen molar-refractivity contribution in [2.24, 2.45) is 5.84 Å². The molecule has 0 bridgehead atoms. The number of carboxylic acids is 2. The number of hydrogen-bond acceptors (Lipinski definition) is 11. The second kappa shape index (κ2) is 12.6. The van der Waals surface area contributed by atoms with Gasteiger partial charge in [0.1, 0.15) is 0 Å². The summed E-state index contributed by atoms with van der Waals surface area (Å²) in [5, 5.41) is 32.5. The van der Waals surface area contributed by atoms with E-state index in [1.807, 2.05) is 0 Å². The molecule has 0 aliphatic carbocycles. The Kier molecular flexibility index (Phi) is 11.3. The van der Waals surface area contributed by atoms with E-state index in [0.717, 1.165) is 26.2 Å². The van der Waals surface area contributed by atoms with E-state index >= 15 is 0 Å². The summed E-state index contributed by atoms with van der Waals surface area (Å²) in [6.45, 7) is 11.7. The zero-order chi connectivity index (χ0) is 21.9. The van der Waals surface area contributed by atoms with E-state index in [-0.39, 0.29) is 0 Å². The standard InChI is InChI=1S/C11H23N7.C4H6O6/c1-5-17(6-2)10-13-9(16-12)14-11(15-10)18(7-3)8-4;5-1(3(7)8)2(6)4(9)10/h5-8,12H2,1-4H3,(H,13,14,15,16);1-2,5-6H,(H,7,8)(H,9,10). The molecule has 2 unspecified atom stereocenters. The highest BCUT2D eigenvalue weighted by molar-refractivity contribution is 5.83. The number of hydrogen-bond donors (Lipinski definition) is 6. The van der Waals surface area contributed by atoms with Gasteiger partial charge in [-0.15, -0.1) is 0 Å². The Morgan fingerprint density at radius 1 is 0.857 bits per heavy atom. The van der Waals surface area contributed by atoms with Gasteiger partial charge in [0, 0.05) is 26.2 Å². The number of nitrogen functional groups attached to an aromatic ring is 1. The Hall–Kier alpha value is -2.77. The van der Waals surface area contributed by atoms with Crippen LogP contribution in [0, 0.1) is 0 Å². The lowest BCUT2D eigenvalue weighted by atomic mass is 10.2. The molecule has 1 aromatic heterocycles. The topological polar surface area (TPSA) is 198 Å². The molecular weight excluding hydrogens is 374 g/mol. The third-order valence-corrected chi connectivity index (χ3v) is 3.64. The average Bonchev–Trinajstić information content (AvgIpc) is 2.68. The van der Waals surface area contributed by atoms with Gasteiger partial charge in [-0.1, -0.05) is 0 Å². The van der Waals surface area contributed by atoms with Gasteiger partial charge >= 0.3 is 11.9 Å². The van der Waals surface area contributed by atoms with Crippen LogP contribution < -0.4 is 21.1 Å². The van der Waals surface area contributed by atoms with E-state index in [0.29, 0.717) is 17.8 Å². The molecule has 1 aromatic rings. The second-order valence-electron chi connectivity index (χ2n) is 5.31. The maximum absolute atomic E-state index is 9.77. The fraction of sp³-hybridized carbons (Fsp3) is 0.667. The summed E-state index contributed by atoms with van der Waals surface area (Å²) in [7, 11) is 0. The van der Waals surface area contributed by atoms with Crippen molar-refractivity contribution in [2.75, 3.05) is 41.4 Å². The fourth-order valence-electron chi connectivity index (χ4n) is 1.98. The van der Waals surface area contributed by atoms with Crippen molar-refractivity contribution in [3.63, 3.8) is 0 Å². The predicted octanol–water partition coefficient (Wildman–Crippen LogP) is -1.27. The number of carbonyl (C=O) groups is 2. The molecule has 0 radical (unpaired) electrons. The summed E-state index contributed by atoms with van der Waals surface area (Å²) in [5.74, 6) is 3.59. The van der Waals surface area contributed by atoms with E-state index in [4.69, 9.17) is 26.3 Å². The van der Waals surface area contributed by atoms with Crippen LogP contribution in [0.1, 0.15) is 27.7 Å². The molecule has 7 N–H and O–H groups in total. The van der Waals surface area contributed by atoms with Crippen LogP contribution in [0.2, 0.25) is 0 Å². The molecule has 0 saturated heterocycles. The van der Waals surface area contributed by atoms with E-state index < -0.39 is 24.1 Å². The Labute approximate surface area is 162 Å². The molecule has 2 atom stereocenters. The van der Waals surface area contributed by atoms with Gasteiger partial charge in [-0.2, -0.15) is 15.0 Å². The highest BCUT2D eigenvalue weighted by Gasteiger charge is 2.29. The fourth-order valence-corrected chi connectivity index (χ4v) is 1.98. The van der Waals surface area contributed by atoms with Gasteiger partial charge in [-0.3, -0.25) is 5.43 Å². The van der Waals surface area contributed by atoms with Gasteiger partial charge in [0.2, 0.25) is 17.8 Å². The molecule has 28 heavy (non-hydrogen) atoms. The first-order valence-electron chi connectivity index (χ1n) is 8.70. The Morgan fingerprint density at radius 2 is 1.18 bits per heavy atom. The number of rotatable bonds is 10. The number of aliphatic hydroxyl groups excluding tert-OH is 2. The van der Waals surface area contributed by atoms with Crippen LogP contribution >= 0.6 is 0 Å². The lowest BCUT2D eigenvalue weighted by Gasteiger charge is -2.23. The van der Waals surface area contributed by atoms with E-state index in [2.05, 4.69) is 57.9 Å². The zero-order valence-corrected chi connectivity index (χ0v) is 16.4. The predicted molar refractivity (Wildman–Crippen MR) is 102 cm³/mol. The number of aliphatic carboxylic acids is 2. The summed E-state index contributed by atoms with van der Waals surface area (Å²) in [6.07, 6.45) is -4.53. The molecule has 0 saturated carbocycles. The minimum atomic E-state index is -2.27. The summed E-state index contributed by atoms with van der Waals surface area (Å²) < 4.78 is 0. The van der Waals surface area contributed by atoms with Gasteiger partial charge in [0.25, 0.3) is 0 Å². The first-order valence-corrected chi connectivity index (χ1v) is 8.70. The molecule has 160 valence electrons. The average molecular weight is 403 g/mol. The van der Waals surface area contributed by atoms with Crippen LogP contribution in [0.15, 0.2) is 0 Å². The number of anilines is 3. The van der Waals surface area contributed by atoms with E-state index in [9.17, 15) is 9.59 Å². The van der Waals surface area contributed by atoms with Gasteiger partial charge in [-0.25, -0.2) is 15.4 Å². The van der Waals surface area contributed by atoms with Crippen molar-refractivity contribution in [1.82, 2.24) is 15.0 Å². The van der Waals surface area contributed by atoms with Crippen LogP contribution in [0.5, 0.6) is 0 Å². The Morgan fingerprint density at radius 3 is 1.39 bits per heavy atom. The second-order valence-corrected chi connectivity index (χ2v) is 5.31. The minimum absolute atomic E-state index is 0.397. The molecule has 0 aliphatic heterocycles. The van der Waals surface area contributed by atoms with Crippen LogP contribution in [0.25, 0.3) is 0 Å². The highest BCUT2D eigenvalue weighted by atomic mass is 16.4. The van der Waals surface area contributed by atoms with Crippen LogP contribution in [-0.2, 0) is 9.59 Å². The zero-order valence-electron chi connectivity index (χ0n) is 16.4. The highest BCUT2D eigenvalue weighted by Crippen LogP contribution is 2.15. The maximum Gasteiger partial charge on any atom is 0.335 e. The lowest BCUT2D eigenvalue weighted by molar-refractivity contribution is -0.165. The SMILES string of the molecule is CCN(CC)c1nc(NN)nc(N(CC)CC)n1.O=C(O)C(O)C(O)C(=O)O. The maximum atomic E-state index is 9.77. The number of nitrogens with one attached hydrogen (secondary N) is 1. The van der Waals surface area contributed by atoms with E-state index in [1.54, 1.807) is 0 Å². The Bertz CT molecular complexity index is 577. The van der Waals surface area contributed by atoms with Crippen molar-refractivity contribution in [2.45, 2.75) is 39.9 Å². The van der Waals surface area contributed by atoms with Crippen molar-refractivity contribution in [3.8, 4) is 0 Å². The number of aromatic nitrogens is 3. The number of nitrogens with two attached hydrogens (primary N) is 1. The molecule has 0 amide bonds. The smallest absolute Gasteiger partial charge is 0.335 e. The molecular formula is C15H29N7O6. The summed E-state index contributed by atoms with van der Waals surface area (Å²) >= 11 is 0. The molecule has 13 heteroatoms. The number of nitrogens with zero attached hydrogens (tertiary/aromatic N) is 5. The van der Waals surface area contributed by atoms with Crippen LogP contribution in [-0.4, -0.2) is 85.7 Å². The van der Waals surface area contributed by atoms with Gasteiger partial charge in [-0.05, 0) is 27.7 Å². The van der Waals surface area contributed by atoms with Crippen LogP contribution in [0.3, 0.4) is 0 Å².